The summed E-state index contributed by atoms with van der Waals surface area (Å²) in [5.74, 6) is -1.04. The summed E-state index contributed by atoms with van der Waals surface area (Å²) in [4.78, 5) is 25.4. The van der Waals surface area contributed by atoms with Crippen LogP contribution in [0.15, 0.2) is 71.9 Å². The maximum atomic E-state index is 12.9. The Kier molecular flexibility index (Phi) is 6.99. The zero-order valence-corrected chi connectivity index (χ0v) is 19.5. The second-order valence-corrected chi connectivity index (χ2v) is 9.67. The number of amides is 2. The minimum Gasteiger partial charge on any atom is -0.495 e. The zero-order chi connectivity index (χ0) is 24.1. The molecule has 1 fully saturated rings. The minimum absolute atomic E-state index is 0.0617. The molecule has 3 aromatic rings. The lowest BCUT2D eigenvalue weighted by molar-refractivity contribution is 0.0846. The van der Waals surface area contributed by atoms with Crippen molar-refractivity contribution >= 4 is 21.8 Å². The van der Waals surface area contributed by atoms with Crippen LogP contribution in [0.5, 0.6) is 5.75 Å². The Morgan fingerprint density at radius 2 is 1.62 bits per heavy atom. The Labute approximate surface area is 198 Å². The van der Waals surface area contributed by atoms with Crippen molar-refractivity contribution in [3.05, 3.63) is 78.1 Å². The van der Waals surface area contributed by atoms with Crippen LogP contribution in [0.3, 0.4) is 0 Å². The number of carbonyl (C=O) groups excluding carboxylic acids is 2. The van der Waals surface area contributed by atoms with Gasteiger partial charge >= 0.3 is 0 Å². The fourth-order valence-corrected chi connectivity index (χ4v) is 5.49. The molecule has 0 spiro atoms. The highest BCUT2D eigenvalue weighted by atomic mass is 32.2. The molecule has 1 aliphatic carbocycles. The molecule has 34 heavy (non-hydrogen) atoms. The zero-order valence-electron chi connectivity index (χ0n) is 18.7. The van der Waals surface area contributed by atoms with E-state index in [0.29, 0.717) is 11.3 Å². The Balaban J connectivity index is 1.50. The number of hydrogen-bond donors (Lipinski definition) is 3. The first-order valence-electron chi connectivity index (χ1n) is 10.9. The number of methoxy groups -OCH3 is 1. The molecule has 0 aliphatic heterocycles. The summed E-state index contributed by atoms with van der Waals surface area (Å²) < 4.78 is 35.6. The summed E-state index contributed by atoms with van der Waals surface area (Å²) in [7, 11) is -2.53. The molecule has 1 aliphatic rings. The number of sulfonamides is 1. The van der Waals surface area contributed by atoms with Gasteiger partial charge in [0.15, 0.2) is 0 Å². The smallest absolute Gasteiger partial charge is 0.271 e. The number of aromatic nitrogens is 1. The Morgan fingerprint density at radius 3 is 2.32 bits per heavy atom. The van der Waals surface area contributed by atoms with E-state index >= 15 is 0 Å². The first-order valence-corrected chi connectivity index (χ1v) is 12.4. The molecule has 4 rings (SSSR count). The Morgan fingerprint density at radius 1 is 0.941 bits per heavy atom. The van der Waals surface area contributed by atoms with Crippen molar-refractivity contribution in [2.75, 3.05) is 7.11 Å². The molecule has 0 saturated heterocycles. The molecule has 2 amide bonds. The standard InChI is InChI=1S/C24H26N4O5S/c1-33-21-13-12-17(16-22(21)34(31,32)27-18-8-2-3-9-18)23(29)25-26-24(30)19-10-4-5-11-20(19)28-14-6-7-15-28/h4-7,10-16,18,27H,2-3,8-9H2,1H3,(H,25,29)(H,26,30). The molecule has 0 radical (unpaired) electrons. The first-order chi connectivity index (χ1) is 16.4. The van der Waals surface area contributed by atoms with E-state index in [1.165, 1.54) is 25.3 Å². The molecule has 1 aromatic heterocycles. The lowest BCUT2D eigenvalue weighted by Crippen LogP contribution is -2.42. The maximum Gasteiger partial charge on any atom is 0.271 e. The van der Waals surface area contributed by atoms with Gasteiger partial charge in [0.1, 0.15) is 10.6 Å². The fraction of sp³-hybridized carbons (Fsp3) is 0.250. The molecule has 0 atom stereocenters. The third-order valence-electron chi connectivity index (χ3n) is 5.71. The number of ether oxygens (including phenoxy) is 1. The number of benzene rings is 2. The highest BCUT2D eigenvalue weighted by Gasteiger charge is 2.26. The summed E-state index contributed by atoms with van der Waals surface area (Å²) in [6.45, 7) is 0. The molecule has 9 nitrogen and oxygen atoms in total. The molecular weight excluding hydrogens is 456 g/mol. The van der Waals surface area contributed by atoms with Crippen molar-refractivity contribution in [2.24, 2.45) is 0 Å². The topological polar surface area (TPSA) is 119 Å². The lowest BCUT2D eigenvalue weighted by atomic mass is 10.1. The summed E-state index contributed by atoms with van der Waals surface area (Å²) in [5, 5.41) is 0. The van der Waals surface area contributed by atoms with E-state index in [-0.39, 0.29) is 22.3 Å². The SMILES string of the molecule is COc1ccc(C(=O)NNC(=O)c2ccccc2-n2cccc2)cc1S(=O)(=O)NC1CCCC1. The molecular formula is C24H26N4O5S. The molecule has 10 heteroatoms. The number of hydrazine groups is 1. The largest absolute Gasteiger partial charge is 0.495 e. The summed E-state index contributed by atoms with van der Waals surface area (Å²) in [6.07, 6.45) is 7.11. The number of nitrogens with one attached hydrogen (secondary N) is 3. The number of carbonyl (C=O) groups is 2. The normalized spacial score (nSPS) is 14.0. The quantitative estimate of drug-likeness (QED) is 0.448. The van der Waals surface area contributed by atoms with Gasteiger partial charge in [-0.25, -0.2) is 13.1 Å². The van der Waals surface area contributed by atoms with Gasteiger partial charge in [0.05, 0.1) is 18.4 Å². The second-order valence-electron chi connectivity index (χ2n) is 7.98. The molecule has 1 heterocycles. The molecule has 3 N–H and O–H groups in total. The van der Waals surface area contributed by atoms with E-state index in [4.69, 9.17) is 4.74 Å². The van der Waals surface area contributed by atoms with Crippen LogP contribution < -0.4 is 20.3 Å². The van der Waals surface area contributed by atoms with E-state index in [9.17, 15) is 18.0 Å². The first kappa shape index (κ1) is 23.5. The van der Waals surface area contributed by atoms with E-state index in [1.54, 1.807) is 22.8 Å². The molecule has 2 aromatic carbocycles. The van der Waals surface area contributed by atoms with Crippen LogP contribution in [-0.2, 0) is 10.0 Å². The number of rotatable bonds is 7. The number of para-hydroxylation sites is 1. The van der Waals surface area contributed by atoms with Crippen molar-refractivity contribution < 1.29 is 22.7 Å². The summed E-state index contributed by atoms with van der Waals surface area (Å²) in [6, 6.07) is 14.6. The van der Waals surface area contributed by atoms with E-state index in [2.05, 4.69) is 15.6 Å². The molecule has 1 saturated carbocycles. The van der Waals surface area contributed by atoms with E-state index in [1.807, 2.05) is 30.6 Å². The van der Waals surface area contributed by atoms with Gasteiger partial charge in [0.2, 0.25) is 10.0 Å². The van der Waals surface area contributed by atoms with Crippen molar-refractivity contribution in [2.45, 2.75) is 36.6 Å². The third kappa shape index (κ3) is 5.13. The molecule has 0 bridgehead atoms. The maximum absolute atomic E-state index is 12.9. The predicted molar refractivity (Wildman–Crippen MR) is 126 cm³/mol. The van der Waals surface area contributed by atoms with Crippen molar-refractivity contribution in [3.8, 4) is 11.4 Å². The van der Waals surface area contributed by atoms with Crippen LogP contribution >= 0.6 is 0 Å². The van der Waals surface area contributed by atoms with Gasteiger partial charge in [-0.3, -0.25) is 20.4 Å². The van der Waals surface area contributed by atoms with Gasteiger partial charge < -0.3 is 9.30 Å². The lowest BCUT2D eigenvalue weighted by Gasteiger charge is -2.16. The summed E-state index contributed by atoms with van der Waals surface area (Å²) in [5.41, 5.74) is 5.82. The van der Waals surface area contributed by atoms with Crippen molar-refractivity contribution in [1.29, 1.82) is 0 Å². The second kappa shape index (κ2) is 10.1. The average Bonchev–Trinajstić information content (AvgIpc) is 3.56. The average molecular weight is 483 g/mol. The fourth-order valence-electron chi connectivity index (χ4n) is 3.99. The van der Waals surface area contributed by atoms with E-state index < -0.39 is 21.8 Å². The highest BCUT2D eigenvalue weighted by molar-refractivity contribution is 7.89. The van der Waals surface area contributed by atoms with Gasteiger partial charge in [-0.1, -0.05) is 25.0 Å². The van der Waals surface area contributed by atoms with E-state index in [0.717, 1.165) is 25.7 Å². The monoisotopic (exact) mass is 482 g/mol. The van der Waals surface area contributed by atoms with Crippen LogP contribution in [0.1, 0.15) is 46.4 Å². The predicted octanol–water partition coefficient (Wildman–Crippen LogP) is 2.78. The van der Waals surface area contributed by atoms with Gasteiger partial charge in [-0.15, -0.1) is 0 Å². The third-order valence-corrected chi connectivity index (χ3v) is 7.25. The Hall–Kier alpha value is -3.63. The van der Waals surface area contributed by atoms with Crippen LogP contribution in [0.25, 0.3) is 5.69 Å². The van der Waals surface area contributed by atoms with Gasteiger partial charge in [-0.05, 0) is 55.3 Å². The van der Waals surface area contributed by atoms with Crippen molar-refractivity contribution in [1.82, 2.24) is 20.1 Å². The van der Waals surface area contributed by atoms with Gasteiger partial charge in [0.25, 0.3) is 11.8 Å². The molecule has 0 unspecified atom stereocenters. The van der Waals surface area contributed by atoms with Crippen LogP contribution in [0.4, 0.5) is 0 Å². The van der Waals surface area contributed by atoms with Crippen molar-refractivity contribution in [3.63, 3.8) is 0 Å². The minimum atomic E-state index is -3.89. The van der Waals surface area contributed by atoms with Crippen LogP contribution in [0, 0.1) is 0 Å². The summed E-state index contributed by atoms with van der Waals surface area (Å²) >= 11 is 0. The highest BCUT2D eigenvalue weighted by Crippen LogP contribution is 2.27. The van der Waals surface area contributed by atoms with Gasteiger partial charge in [0, 0.05) is 24.0 Å². The van der Waals surface area contributed by atoms with Crippen LogP contribution in [0.2, 0.25) is 0 Å². The van der Waals surface area contributed by atoms with Crippen LogP contribution in [-0.4, -0.2) is 38.0 Å². The van der Waals surface area contributed by atoms with Gasteiger partial charge in [-0.2, -0.15) is 0 Å². The molecule has 178 valence electrons. The number of hydrogen-bond acceptors (Lipinski definition) is 5. The number of nitrogens with zero attached hydrogens (tertiary/aromatic N) is 1. The Bertz CT molecular complexity index is 1280.